The van der Waals surface area contributed by atoms with Gasteiger partial charge < -0.3 is 14.2 Å². The Hall–Kier alpha value is -3.93. The normalized spacial score (nSPS) is 13.1. The molecule has 0 fully saturated rings. The minimum Gasteiger partial charge on any atom is -0.462 e. The van der Waals surface area contributed by atoms with Gasteiger partial charge in [-0.1, -0.05) is 201 Å². The van der Waals surface area contributed by atoms with Crippen LogP contribution < -0.4 is 0 Å². The zero-order chi connectivity index (χ0) is 43.7. The third-order valence-electron chi connectivity index (χ3n) is 9.63. The molecule has 0 radical (unpaired) electrons. The predicted molar refractivity (Wildman–Crippen MR) is 256 cm³/mol. The Labute approximate surface area is 368 Å². The van der Waals surface area contributed by atoms with Gasteiger partial charge in [0.25, 0.3) is 0 Å². The Morgan fingerprint density at radius 1 is 0.367 bits per heavy atom. The SMILES string of the molecule is CC/C=C/C=C/C=C/C=C/C=C/CCCCCC(=O)OCC(COC(=O)CC/C=C/C/C=C/CCCCCCCC)OC(=O)CCCCCCCCC/C=C/C/C=C/CC. The molecule has 0 N–H and O–H groups in total. The molecule has 0 aromatic heterocycles. The van der Waals surface area contributed by atoms with Crippen molar-refractivity contribution in [1.29, 1.82) is 0 Å². The van der Waals surface area contributed by atoms with Crippen LogP contribution in [0.15, 0.2) is 109 Å². The maximum absolute atomic E-state index is 12.8. The summed E-state index contributed by atoms with van der Waals surface area (Å²) in [5.74, 6) is -1.05. The van der Waals surface area contributed by atoms with E-state index in [0.717, 1.165) is 83.5 Å². The number of carbonyl (C=O) groups is 3. The van der Waals surface area contributed by atoms with Gasteiger partial charge in [-0.3, -0.25) is 14.4 Å². The molecule has 6 heteroatoms. The number of ether oxygens (including phenoxy) is 3. The van der Waals surface area contributed by atoms with Crippen LogP contribution in [-0.4, -0.2) is 37.2 Å². The van der Waals surface area contributed by atoms with Gasteiger partial charge in [0.15, 0.2) is 6.10 Å². The fraction of sp³-hybridized carbons (Fsp3) is 0.611. The molecule has 0 bridgehead atoms. The summed E-state index contributed by atoms with van der Waals surface area (Å²) in [6, 6.07) is 0. The van der Waals surface area contributed by atoms with Gasteiger partial charge in [0.05, 0.1) is 0 Å². The summed E-state index contributed by atoms with van der Waals surface area (Å²) in [6.07, 6.45) is 63.7. The molecular formula is C54H86O6. The summed E-state index contributed by atoms with van der Waals surface area (Å²) in [4.78, 5) is 37.8. The first kappa shape index (κ1) is 56.1. The number of unbranched alkanes of at least 4 members (excludes halogenated alkanes) is 16. The van der Waals surface area contributed by atoms with Crippen LogP contribution in [0, 0.1) is 0 Å². The largest absolute Gasteiger partial charge is 0.462 e. The minimum absolute atomic E-state index is 0.123. The van der Waals surface area contributed by atoms with Crippen molar-refractivity contribution in [2.45, 2.75) is 200 Å². The molecule has 60 heavy (non-hydrogen) atoms. The average molecular weight is 831 g/mol. The topological polar surface area (TPSA) is 78.9 Å². The molecule has 0 aromatic carbocycles. The minimum atomic E-state index is -0.823. The molecule has 0 aliphatic rings. The maximum atomic E-state index is 12.8. The Morgan fingerprint density at radius 3 is 1.32 bits per heavy atom. The number of rotatable bonds is 41. The van der Waals surface area contributed by atoms with Gasteiger partial charge in [-0.2, -0.15) is 0 Å². The van der Waals surface area contributed by atoms with Crippen molar-refractivity contribution in [2.75, 3.05) is 13.2 Å². The molecule has 0 aromatic rings. The van der Waals surface area contributed by atoms with Crippen molar-refractivity contribution in [3.63, 3.8) is 0 Å². The highest BCUT2D eigenvalue weighted by Gasteiger charge is 2.19. The Kier molecular flexibility index (Phi) is 44.6. The lowest BCUT2D eigenvalue weighted by molar-refractivity contribution is -0.166. The summed E-state index contributed by atoms with van der Waals surface area (Å²) >= 11 is 0. The smallest absolute Gasteiger partial charge is 0.306 e. The van der Waals surface area contributed by atoms with E-state index in [1.165, 1.54) is 64.2 Å². The molecule has 0 saturated heterocycles. The number of hydrogen-bond acceptors (Lipinski definition) is 6. The van der Waals surface area contributed by atoms with Gasteiger partial charge in [0.1, 0.15) is 13.2 Å². The zero-order valence-electron chi connectivity index (χ0n) is 38.4. The van der Waals surface area contributed by atoms with Gasteiger partial charge in [-0.05, 0) is 83.5 Å². The van der Waals surface area contributed by atoms with E-state index in [1.54, 1.807) is 0 Å². The van der Waals surface area contributed by atoms with Crippen molar-refractivity contribution in [3.8, 4) is 0 Å². The molecule has 0 spiro atoms. The first-order chi connectivity index (χ1) is 29.5. The first-order valence-electron chi connectivity index (χ1n) is 24.0. The van der Waals surface area contributed by atoms with E-state index < -0.39 is 6.10 Å². The first-order valence-corrected chi connectivity index (χ1v) is 24.0. The maximum Gasteiger partial charge on any atom is 0.306 e. The zero-order valence-corrected chi connectivity index (χ0v) is 38.4. The quantitative estimate of drug-likeness (QED) is 0.0201. The van der Waals surface area contributed by atoms with E-state index in [9.17, 15) is 14.4 Å². The van der Waals surface area contributed by atoms with E-state index in [1.807, 2.05) is 54.7 Å². The molecule has 1 unspecified atom stereocenters. The van der Waals surface area contributed by atoms with E-state index >= 15 is 0 Å². The van der Waals surface area contributed by atoms with Crippen LogP contribution in [0.25, 0.3) is 0 Å². The molecule has 338 valence electrons. The van der Waals surface area contributed by atoms with Gasteiger partial charge in [0.2, 0.25) is 0 Å². The Bertz CT molecular complexity index is 1280. The molecule has 0 amide bonds. The van der Waals surface area contributed by atoms with Crippen molar-refractivity contribution in [2.24, 2.45) is 0 Å². The van der Waals surface area contributed by atoms with E-state index in [0.29, 0.717) is 19.3 Å². The average Bonchev–Trinajstić information content (AvgIpc) is 3.24. The van der Waals surface area contributed by atoms with Crippen molar-refractivity contribution in [1.82, 2.24) is 0 Å². The van der Waals surface area contributed by atoms with Crippen LogP contribution in [0.4, 0.5) is 0 Å². The van der Waals surface area contributed by atoms with Crippen molar-refractivity contribution in [3.05, 3.63) is 109 Å². The number of allylic oxidation sites excluding steroid dienone is 18. The highest BCUT2D eigenvalue weighted by atomic mass is 16.6. The van der Waals surface area contributed by atoms with Gasteiger partial charge in [0, 0.05) is 19.3 Å². The van der Waals surface area contributed by atoms with Crippen LogP contribution in [0.5, 0.6) is 0 Å². The molecule has 0 rings (SSSR count). The van der Waals surface area contributed by atoms with Gasteiger partial charge in [-0.25, -0.2) is 0 Å². The van der Waals surface area contributed by atoms with Crippen molar-refractivity contribution >= 4 is 17.9 Å². The van der Waals surface area contributed by atoms with Gasteiger partial charge >= 0.3 is 17.9 Å². The predicted octanol–water partition coefficient (Wildman–Crippen LogP) is 15.6. The second-order valence-corrected chi connectivity index (χ2v) is 15.4. The highest BCUT2D eigenvalue weighted by molar-refractivity contribution is 5.71. The molecule has 0 aliphatic carbocycles. The molecule has 0 heterocycles. The summed E-state index contributed by atoms with van der Waals surface area (Å²) in [5.41, 5.74) is 0. The van der Waals surface area contributed by atoms with Crippen molar-refractivity contribution < 1.29 is 28.6 Å². The molecule has 6 nitrogen and oxygen atoms in total. The second-order valence-electron chi connectivity index (χ2n) is 15.4. The fourth-order valence-corrected chi connectivity index (χ4v) is 6.08. The lowest BCUT2D eigenvalue weighted by Gasteiger charge is -2.18. The third kappa shape index (κ3) is 45.2. The lowest BCUT2D eigenvalue weighted by Crippen LogP contribution is -2.30. The third-order valence-corrected chi connectivity index (χ3v) is 9.63. The molecule has 0 aliphatic heterocycles. The van der Waals surface area contributed by atoms with E-state index in [-0.39, 0.29) is 37.5 Å². The summed E-state index contributed by atoms with van der Waals surface area (Å²) in [6.45, 7) is 6.26. The molecule has 0 saturated carbocycles. The van der Waals surface area contributed by atoms with Crippen LogP contribution in [0.1, 0.15) is 194 Å². The van der Waals surface area contributed by atoms with Crippen LogP contribution in [0.2, 0.25) is 0 Å². The summed E-state index contributed by atoms with van der Waals surface area (Å²) in [7, 11) is 0. The molecule has 1 atom stereocenters. The standard InChI is InChI=1S/C54H86O6/c1-4-7-10-13-16-19-22-25-27-30-32-35-38-41-44-47-53(56)59-50-51(49-58-52(55)46-43-40-37-34-31-28-24-21-18-15-12-9-6-3)60-54(57)48-45-42-39-36-33-29-26-23-20-17-14-11-8-5-2/h7-8,10-11,13,16-17,19-20,22,25,27-28,30-32,37,40,51H,4-6,9,12,14-15,18,21,23-24,26,29,33-36,38-39,41-50H2,1-3H3/b10-7+,11-8+,16-13+,20-17+,22-19+,27-25+,31-28+,32-30+,40-37+. The fourth-order valence-electron chi connectivity index (χ4n) is 6.08. The Balaban J connectivity index is 4.56. The highest BCUT2D eigenvalue weighted by Crippen LogP contribution is 2.13. The van der Waals surface area contributed by atoms with E-state index in [2.05, 4.69) is 75.5 Å². The van der Waals surface area contributed by atoms with Crippen LogP contribution >= 0.6 is 0 Å². The monoisotopic (exact) mass is 831 g/mol. The number of esters is 3. The number of hydrogen-bond donors (Lipinski definition) is 0. The Morgan fingerprint density at radius 2 is 0.767 bits per heavy atom. The molecular weight excluding hydrogens is 745 g/mol. The summed E-state index contributed by atoms with van der Waals surface area (Å²) in [5, 5.41) is 0. The van der Waals surface area contributed by atoms with Crippen LogP contribution in [0.3, 0.4) is 0 Å². The van der Waals surface area contributed by atoms with Crippen LogP contribution in [-0.2, 0) is 28.6 Å². The summed E-state index contributed by atoms with van der Waals surface area (Å²) < 4.78 is 16.6. The van der Waals surface area contributed by atoms with E-state index in [4.69, 9.17) is 14.2 Å². The number of carbonyl (C=O) groups excluding carboxylic acids is 3. The van der Waals surface area contributed by atoms with Gasteiger partial charge in [-0.15, -0.1) is 0 Å². The second kappa shape index (κ2) is 47.7. The lowest BCUT2D eigenvalue weighted by atomic mass is 10.1.